The molecule has 0 amide bonds. The average molecular weight is 288 g/mol. The highest BCUT2D eigenvalue weighted by molar-refractivity contribution is 5.48. The second-order valence-corrected chi connectivity index (χ2v) is 5.47. The summed E-state index contributed by atoms with van der Waals surface area (Å²) in [6.07, 6.45) is -0.844. The van der Waals surface area contributed by atoms with E-state index in [2.05, 4.69) is 6.07 Å². The van der Waals surface area contributed by atoms with Crippen molar-refractivity contribution in [3.63, 3.8) is 0 Å². The lowest BCUT2D eigenvalue weighted by Gasteiger charge is -2.21. The van der Waals surface area contributed by atoms with Gasteiger partial charge in [-0.1, -0.05) is 12.1 Å². The summed E-state index contributed by atoms with van der Waals surface area (Å²) in [6, 6.07) is 6.68. The van der Waals surface area contributed by atoms with Crippen molar-refractivity contribution in [3.05, 3.63) is 63.5 Å². The monoisotopic (exact) mass is 288 g/mol. The molecule has 112 valence electrons. The first-order chi connectivity index (χ1) is 9.86. The minimum absolute atomic E-state index is 0.180. The van der Waals surface area contributed by atoms with E-state index in [0.717, 1.165) is 27.8 Å². The molecule has 0 saturated carbocycles. The van der Waals surface area contributed by atoms with Crippen molar-refractivity contribution < 1.29 is 14.2 Å². The van der Waals surface area contributed by atoms with Gasteiger partial charge in [-0.05, 0) is 73.2 Å². The van der Waals surface area contributed by atoms with Crippen LogP contribution in [-0.2, 0) is 0 Å². The molecule has 2 nitrogen and oxygen atoms in total. The van der Waals surface area contributed by atoms with E-state index in [1.54, 1.807) is 12.1 Å². The van der Waals surface area contributed by atoms with Crippen molar-refractivity contribution in [2.24, 2.45) is 0 Å². The van der Waals surface area contributed by atoms with Gasteiger partial charge >= 0.3 is 0 Å². The molecule has 0 aliphatic carbocycles. The molecule has 0 aliphatic heterocycles. The molecule has 0 spiro atoms. The van der Waals surface area contributed by atoms with Crippen molar-refractivity contribution in [1.82, 2.24) is 0 Å². The summed E-state index contributed by atoms with van der Waals surface area (Å²) in [5, 5.41) is 10.7. The van der Waals surface area contributed by atoms with Crippen LogP contribution in [0.3, 0.4) is 0 Å². The highest BCUT2D eigenvalue weighted by Crippen LogP contribution is 2.32. The summed E-state index contributed by atoms with van der Waals surface area (Å²) in [7, 11) is 1.42. The van der Waals surface area contributed by atoms with Crippen LogP contribution < -0.4 is 4.74 Å². The zero-order chi connectivity index (χ0) is 15.7. The maximum atomic E-state index is 13.9. The fourth-order valence-corrected chi connectivity index (χ4v) is 2.68. The van der Waals surface area contributed by atoms with Crippen LogP contribution in [0.1, 0.15) is 39.5 Å². The Morgan fingerprint density at radius 1 is 1.00 bits per heavy atom. The summed E-state index contributed by atoms with van der Waals surface area (Å²) < 4.78 is 18.8. The molecule has 0 bridgehead atoms. The van der Waals surface area contributed by atoms with Gasteiger partial charge in [-0.2, -0.15) is 0 Å². The predicted octanol–water partition coefficient (Wildman–Crippen LogP) is 4.15. The molecule has 0 radical (unpaired) electrons. The summed E-state index contributed by atoms with van der Waals surface area (Å²) >= 11 is 0. The lowest BCUT2D eigenvalue weighted by Crippen LogP contribution is -2.08. The molecule has 2 aromatic carbocycles. The van der Waals surface area contributed by atoms with E-state index in [1.807, 2.05) is 27.7 Å². The van der Waals surface area contributed by atoms with Gasteiger partial charge in [0.2, 0.25) is 0 Å². The summed E-state index contributed by atoms with van der Waals surface area (Å²) in [5.74, 6) is -0.284. The molecule has 1 N–H and O–H groups in total. The second-order valence-electron chi connectivity index (χ2n) is 5.47. The van der Waals surface area contributed by atoms with Gasteiger partial charge in [-0.15, -0.1) is 0 Å². The Morgan fingerprint density at radius 2 is 1.57 bits per heavy atom. The van der Waals surface area contributed by atoms with Crippen LogP contribution in [0.15, 0.2) is 24.3 Å². The molecule has 0 saturated heterocycles. The zero-order valence-electron chi connectivity index (χ0n) is 13.1. The van der Waals surface area contributed by atoms with E-state index in [0.29, 0.717) is 5.56 Å². The minimum atomic E-state index is -0.844. The molecule has 0 aliphatic rings. The van der Waals surface area contributed by atoms with Gasteiger partial charge in [0.15, 0.2) is 11.6 Å². The number of hydrogen-bond acceptors (Lipinski definition) is 2. The number of rotatable bonds is 3. The third-order valence-corrected chi connectivity index (χ3v) is 4.19. The van der Waals surface area contributed by atoms with Crippen molar-refractivity contribution in [3.8, 4) is 5.75 Å². The predicted molar refractivity (Wildman–Crippen MR) is 82.4 cm³/mol. The largest absolute Gasteiger partial charge is 0.494 e. The number of aliphatic hydroxyl groups is 1. The smallest absolute Gasteiger partial charge is 0.165 e. The van der Waals surface area contributed by atoms with Crippen LogP contribution in [0.5, 0.6) is 5.75 Å². The van der Waals surface area contributed by atoms with Crippen LogP contribution in [-0.4, -0.2) is 12.2 Å². The Labute approximate surface area is 125 Å². The Balaban J connectivity index is 2.55. The maximum Gasteiger partial charge on any atom is 0.165 e. The molecule has 2 aromatic rings. The third kappa shape index (κ3) is 2.79. The fraction of sp³-hybridized carbons (Fsp3) is 0.333. The molecule has 0 aromatic heterocycles. The lowest BCUT2D eigenvalue weighted by atomic mass is 9.88. The standard InChI is InChI=1S/C18H21FO2/c1-10-8-11(2)13(4)17(12(10)3)18(20)14-6-7-16(21-5)15(19)9-14/h6-9,18,20H,1-5H3. The van der Waals surface area contributed by atoms with E-state index in [1.165, 1.54) is 13.2 Å². The zero-order valence-corrected chi connectivity index (χ0v) is 13.1. The first-order valence-electron chi connectivity index (χ1n) is 6.95. The van der Waals surface area contributed by atoms with E-state index >= 15 is 0 Å². The highest BCUT2D eigenvalue weighted by Gasteiger charge is 2.19. The Kier molecular flexibility index (Phi) is 4.33. The van der Waals surface area contributed by atoms with Gasteiger partial charge in [0.25, 0.3) is 0 Å². The highest BCUT2D eigenvalue weighted by atomic mass is 19.1. The molecule has 0 fully saturated rings. The molecular weight excluding hydrogens is 267 g/mol. The summed E-state index contributed by atoms with van der Waals surface area (Å²) in [4.78, 5) is 0. The fourth-order valence-electron chi connectivity index (χ4n) is 2.68. The summed E-state index contributed by atoms with van der Waals surface area (Å²) in [5.41, 5.74) is 5.73. The van der Waals surface area contributed by atoms with Gasteiger partial charge in [-0.25, -0.2) is 4.39 Å². The number of ether oxygens (including phenoxy) is 1. The van der Waals surface area contributed by atoms with Crippen molar-refractivity contribution >= 4 is 0 Å². The number of aryl methyl sites for hydroxylation is 2. The topological polar surface area (TPSA) is 29.5 Å². The normalized spacial score (nSPS) is 12.3. The molecular formula is C18H21FO2. The van der Waals surface area contributed by atoms with Crippen LogP contribution in [0, 0.1) is 33.5 Å². The Hall–Kier alpha value is -1.87. The molecule has 2 rings (SSSR count). The van der Waals surface area contributed by atoms with E-state index in [4.69, 9.17) is 4.74 Å². The maximum absolute atomic E-state index is 13.9. The Morgan fingerprint density at radius 3 is 2.05 bits per heavy atom. The van der Waals surface area contributed by atoms with E-state index < -0.39 is 11.9 Å². The van der Waals surface area contributed by atoms with Crippen molar-refractivity contribution in [2.75, 3.05) is 7.11 Å². The second kappa shape index (κ2) is 5.86. The van der Waals surface area contributed by atoms with Gasteiger partial charge in [0, 0.05) is 0 Å². The molecule has 1 unspecified atom stereocenters. The first kappa shape index (κ1) is 15.5. The van der Waals surface area contributed by atoms with Gasteiger partial charge in [-0.3, -0.25) is 0 Å². The first-order valence-corrected chi connectivity index (χ1v) is 6.95. The number of benzene rings is 2. The molecule has 1 atom stereocenters. The van der Waals surface area contributed by atoms with Gasteiger partial charge in [0.05, 0.1) is 7.11 Å². The van der Waals surface area contributed by atoms with Crippen LogP contribution >= 0.6 is 0 Å². The SMILES string of the molecule is COc1ccc(C(O)c2c(C)c(C)cc(C)c2C)cc1F. The third-order valence-electron chi connectivity index (χ3n) is 4.19. The minimum Gasteiger partial charge on any atom is -0.494 e. The number of methoxy groups -OCH3 is 1. The van der Waals surface area contributed by atoms with Gasteiger partial charge < -0.3 is 9.84 Å². The quantitative estimate of drug-likeness (QED) is 0.919. The van der Waals surface area contributed by atoms with Crippen molar-refractivity contribution in [1.29, 1.82) is 0 Å². The number of aliphatic hydroxyl groups excluding tert-OH is 1. The van der Waals surface area contributed by atoms with Crippen LogP contribution in [0.25, 0.3) is 0 Å². The summed E-state index contributed by atoms with van der Waals surface area (Å²) in [6.45, 7) is 8.01. The lowest BCUT2D eigenvalue weighted by molar-refractivity contribution is 0.218. The molecule has 21 heavy (non-hydrogen) atoms. The van der Waals surface area contributed by atoms with E-state index in [9.17, 15) is 9.50 Å². The van der Waals surface area contributed by atoms with Crippen molar-refractivity contribution in [2.45, 2.75) is 33.8 Å². The molecule has 0 heterocycles. The van der Waals surface area contributed by atoms with E-state index in [-0.39, 0.29) is 5.75 Å². The average Bonchev–Trinajstić information content (AvgIpc) is 2.45. The van der Waals surface area contributed by atoms with Crippen LogP contribution in [0.2, 0.25) is 0 Å². The number of hydrogen-bond donors (Lipinski definition) is 1. The Bertz CT molecular complexity index is 651. The van der Waals surface area contributed by atoms with Crippen LogP contribution in [0.4, 0.5) is 4.39 Å². The molecule has 3 heteroatoms. The number of halogens is 1. The van der Waals surface area contributed by atoms with Gasteiger partial charge in [0.1, 0.15) is 6.10 Å².